The highest BCUT2D eigenvalue weighted by molar-refractivity contribution is 5.81. The van der Waals surface area contributed by atoms with Crippen LogP contribution in [-0.4, -0.2) is 25.2 Å². The summed E-state index contributed by atoms with van der Waals surface area (Å²) in [4.78, 5) is 22.9. The lowest BCUT2D eigenvalue weighted by Crippen LogP contribution is -2.24. The predicted octanol–water partition coefficient (Wildman–Crippen LogP) is 3.31. The summed E-state index contributed by atoms with van der Waals surface area (Å²) in [5, 5.41) is 0. The van der Waals surface area contributed by atoms with E-state index in [0.29, 0.717) is 31.5 Å². The van der Waals surface area contributed by atoms with Gasteiger partial charge < -0.3 is 9.47 Å². The van der Waals surface area contributed by atoms with Gasteiger partial charge in [0.25, 0.3) is 0 Å². The van der Waals surface area contributed by atoms with Crippen LogP contribution >= 0.6 is 0 Å². The van der Waals surface area contributed by atoms with Crippen molar-refractivity contribution in [3.05, 3.63) is 48.6 Å². The molecule has 4 nitrogen and oxygen atoms in total. The van der Waals surface area contributed by atoms with E-state index >= 15 is 0 Å². The van der Waals surface area contributed by atoms with E-state index in [0.717, 1.165) is 31.2 Å². The fourth-order valence-corrected chi connectivity index (χ4v) is 2.85. The topological polar surface area (TPSA) is 52.6 Å². The molecule has 1 fully saturated rings. The number of rotatable bonds is 7. The maximum Gasteiger partial charge on any atom is 0.330 e. The maximum atomic E-state index is 11.8. The van der Waals surface area contributed by atoms with Gasteiger partial charge in [-0.15, -0.1) is 0 Å². The molecule has 4 heteroatoms. The first-order valence-corrected chi connectivity index (χ1v) is 8.16. The van der Waals surface area contributed by atoms with Gasteiger partial charge >= 0.3 is 11.9 Å². The molecule has 0 spiro atoms. The van der Waals surface area contributed by atoms with Crippen LogP contribution in [0.1, 0.15) is 31.2 Å². The minimum absolute atomic E-state index is 0.168. The van der Waals surface area contributed by atoms with E-state index < -0.39 is 0 Å². The van der Waals surface area contributed by atoms with Crippen molar-refractivity contribution in [1.29, 1.82) is 0 Å². The predicted molar refractivity (Wildman–Crippen MR) is 87.7 cm³/mol. The molecule has 23 heavy (non-hydrogen) atoms. The van der Waals surface area contributed by atoms with Gasteiger partial charge in [-0.2, -0.15) is 0 Å². The lowest BCUT2D eigenvalue weighted by molar-refractivity contribution is -0.145. The normalized spacial score (nSPS) is 20.5. The molecule has 0 unspecified atom stereocenters. The van der Waals surface area contributed by atoms with Crippen LogP contribution in [0, 0.1) is 11.8 Å². The van der Waals surface area contributed by atoms with Gasteiger partial charge in [0.15, 0.2) is 0 Å². The second-order valence-corrected chi connectivity index (χ2v) is 6.07. The Morgan fingerprint density at radius 1 is 1.00 bits per heavy atom. The van der Waals surface area contributed by atoms with Crippen molar-refractivity contribution in [2.45, 2.75) is 32.1 Å². The molecule has 1 aromatic rings. The van der Waals surface area contributed by atoms with Crippen LogP contribution in [0.3, 0.4) is 0 Å². The third-order valence-corrected chi connectivity index (χ3v) is 4.27. The third kappa shape index (κ3) is 6.27. The van der Waals surface area contributed by atoms with E-state index in [2.05, 4.69) is 6.58 Å². The Morgan fingerprint density at radius 2 is 1.57 bits per heavy atom. The summed E-state index contributed by atoms with van der Waals surface area (Å²) in [6.45, 7) is 4.34. The molecule has 2 rings (SSSR count). The average molecular weight is 316 g/mol. The quantitative estimate of drug-likeness (QED) is 0.572. The number of ether oxygens (including phenoxy) is 2. The molecule has 1 aliphatic rings. The zero-order valence-corrected chi connectivity index (χ0v) is 13.4. The molecule has 0 aromatic heterocycles. The van der Waals surface area contributed by atoms with Crippen molar-refractivity contribution >= 4 is 11.9 Å². The highest BCUT2D eigenvalue weighted by Gasteiger charge is 2.23. The first kappa shape index (κ1) is 17.3. The molecule has 1 aromatic carbocycles. The maximum absolute atomic E-state index is 11.8. The number of benzene rings is 1. The summed E-state index contributed by atoms with van der Waals surface area (Å²) < 4.78 is 10.5. The molecule has 0 atom stereocenters. The number of esters is 2. The third-order valence-electron chi connectivity index (χ3n) is 4.27. The zero-order valence-electron chi connectivity index (χ0n) is 13.4. The highest BCUT2D eigenvalue weighted by atomic mass is 16.5. The molecule has 0 N–H and O–H groups in total. The van der Waals surface area contributed by atoms with Crippen LogP contribution < -0.4 is 0 Å². The molecule has 0 saturated heterocycles. The molecule has 0 bridgehead atoms. The van der Waals surface area contributed by atoms with E-state index in [-0.39, 0.29) is 11.9 Å². The van der Waals surface area contributed by atoms with Gasteiger partial charge in [-0.1, -0.05) is 36.9 Å². The molecule has 0 heterocycles. The molecular weight excluding hydrogens is 292 g/mol. The first-order valence-electron chi connectivity index (χ1n) is 8.16. The monoisotopic (exact) mass is 316 g/mol. The Hall–Kier alpha value is -2.10. The van der Waals surface area contributed by atoms with Crippen LogP contribution in [0.4, 0.5) is 0 Å². The standard InChI is InChI=1S/C19H24O4/c1-2-18(20)22-13-16-8-10-17(11-9-16)14-23-19(21)12-15-6-4-3-5-7-15/h2-7,16-17H,1,8-14H2. The summed E-state index contributed by atoms with van der Waals surface area (Å²) in [6, 6.07) is 9.62. The summed E-state index contributed by atoms with van der Waals surface area (Å²) in [6.07, 6.45) is 5.55. The van der Waals surface area contributed by atoms with Crippen LogP contribution in [0.15, 0.2) is 43.0 Å². The fourth-order valence-electron chi connectivity index (χ4n) is 2.85. The minimum atomic E-state index is -0.359. The molecule has 0 amide bonds. The number of carbonyl (C=O) groups is 2. The summed E-state index contributed by atoms with van der Waals surface area (Å²) in [5.41, 5.74) is 0.977. The Labute approximate surface area is 137 Å². The van der Waals surface area contributed by atoms with Gasteiger partial charge in [-0.05, 0) is 43.1 Å². The Balaban J connectivity index is 1.62. The van der Waals surface area contributed by atoms with Crippen LogP contribution in [0.5, 0.6) is 0 Å². The Morgan fingerprint density at radius 3 is 2.13 bits per heavy atom. The van der Waals surface area contributed by atoms with Gasteiger partial charge in [0.1, 0.15) is 0 Å². The Bertz CT molecular complexity index is 515. The zero-order chi connectivity index (χ0) is 16.5. The number of carbonyl (C=O) groups excluding carboxylic acids is 2. The Kier molecular flexibility index (Phi) is 6.85. The molecular formula is C19H24O4. The summed E-state index contributed by atoms with van der Waals surface area (Å²) in [7, 11) is 0. The number of hydrogen-bond donors (Lipinski definition) is 0. The highest BCUT2D eigenvalue weighted by Crippen LogP contribution is 2.29. The molecule has 1 saturated carbocycles. The molecule has 0 radical (unpaired) electrons. The average Bonchev–Trinajstić information content (AvgIpc) is 2.59. The fraction of sp³-hybridized carbons (Fsp3) is 0.474. The van der Waals surface area contributed by atoms with E-state index in [4.69, 9.17) is 9.47 Å². The van der Waals surface area contributed by atoms with Gasteiger partial charge in [-0.3, -0.25) is 4.79 Å². The van der Waals surface area contributed by atoms with Crippen molar-refractivity contribution in [2.75, 3.05) is 13.2 Å². The van der Waals surface area contributed by atoms with Crippen molar-refractivity contribution in [2.24, 2.45) is 11.8 Å². The summed E-state index contributed by atoms with van der Waals surface area (Å²) >= 11 is 0. The smallest absolute Gasteiger partial charge is 0.330 e. The molecule has 124 valence electrons. The van der Waals surface area contributed by atoms with E-state index in [1.807, 2.05) is 30.3 Å². The minimum Gasteiger partial charge on any atom is -0.465 e. The molecule has 0 aliphatic heterocycles. The van der Waals surface area contributed by atoms with Crippen molar-refractivity contribution in [3.63, 3.8) is 0 Å². The van der Waals surface area contributed by atoms with Crippen molar-refractivity contribution in [3.8, 4) is 0 Å². The van der Waals surface area contributed by atoms with Gasteiger partial charge in [0.05, 0.1) is 19.6 Å². The van der Waals surface area contributed by atoms with E-state index in [1.54, 1.807) is 0 Å². The number of hydrogen-bond acceptors (Lipinski definition) is 4. The van der Waals surface area contributed by atoms with Crippen molar-refractivity contribution in [1.82, 2.24) is 0 Å². The van der Waals surface area contributed by atoms with Crippen LogP contribution in [-0.2, 0) is 25.5 Å². The van der Waals surface area contributed by atoms with Gasteiger partial charge in [0, 0.05) is 6.08 Å². The van der Waals surface area contributed by atoms with Crippen LogP contribution in [0.25, 0.3) is 0 Å². The van der Waals surface area contributed by atoms with Gasteiger partial charge in [0.2, 0.25) is 0 Å². The molecule has 1 aliphatic carbocycles. The first-order chi connectivity index (χ1) is 11.2. The van der Waals surface area contributed by atoms with E-state index in [9.17, 15) is 9.59 Å². The largest absolute Gasteiger partial charge is 0.465 e. The lowest BCUT2D eigenvalue weighted by atomic mass is 9.83. The second kappa shape index (κ2) is 9.13. The van der Waals surface area contributed by atoms with Crippen molar-refractivity contribution < 1.29 is 19.1 Å². The lowest BCUT2D eigenvalue weighted by Gasteiger charge is -2.27. The SMILES string of the molecule is C=CC(=O)OCC1CCC(COC(=O)Cc2ccccc2)CC1. The summed E-state index contributed by atoms with van der Waals surface area (Å²) in [5.74, 6) is 0.302. The van der Waals surface area contributed by atoms with E-state index in [1.165, 1.54) is 6.08 Å². The second-order valence-electron chi connectivity index (χ2n) is 6.07. The van der Waals surface area contributed by atoms with Crippen LogP contribution in [0.2, 0.25) is 0 Å². The van der Waals surface area contributed by atoms with Gasteiger partial charge in [-0.25, -0.2) is 4.79 Å².